The van der Waals surface area contributed by atoms with Gasteiger partial charge in [0.2, 0.25) is 0 Å². The van der Waals surface area contributed by atoms with Gasteiger partial charge in [-0.15, -0.1) is 0 Å². The highest BCUT2D eigenvalue weighted by atomic mass is 79.9. The van der Waals surface area contributed by atoms with Crippen molar-refractivity contribution < 1.29 is 9.47 Å². The molecule has 0 atom stereocenters. The van der Waals surface area contributed by atoms with E-state index in [1.807, 2.05) is 14.1 Å². The van der Waals surface area contributed by atoms with E-state index in [9.17, 15) is 0 Å². The Hall–Kier alpha value is 0.220. The number of rotatable bonds is 4. The highest BCUT2D eigenvalue weighted by molar-refractivity contribution is 9.14. The summed E-state index contributed by atoms with van der Waals surface area (Å²) in [5, 5.41) is 0. The maximum Gasteiger partial charge on any atom is 0.176 e. The number of benzene rings is 1. The van der Waals surface area contributed by atoms with Gasteiger partial charge in [0.05, 0.1) is 8.95 Å². The summed E-state index contributed by atoms with van der Waals surface area (Å²) in [5.74, 6) is 1.62. The first-order valence-corrected chi connectivity index (χ1v) is 8.76. The number of fused-ring (bicyclic) bond motifs is 1. The smallest absolute Gasteiger partial charge is 0.176 e. The van der Waals surface area contributed by atoms with E-state index >= 15 is 0 Å². The van der Waals surface area contributed by atoms with E-state index in [-0.39, 0.29) is 5.60 Å². The van der Waals surface area contributed by atoms with Gasteiger partial charge in [0.15, 0.2) is 11.5 Å². The van der Waals surface area contributed by atoms with Crippen molar-refractivity contribution in [3.8, 4) is 11.5 Å². The molecule has 2 rings (SSSR count). The van der Waals surface area contributed by atoms with Crippen LogP contribution in [0.3, 0.4) is 0 Å². The lowest BCUT2D eigenvalue weighted by Gasteiger charge is -2.19. The zero-order chi connectivity index (χ0) is 15.1. The van der Waals surface area contributed by atoms with Crippen molar-refractivity contribution in [3.63, 3.8) is 0 Å². The van der Waals surface area contributed by atoms with Crippen LogP contribution in [0.5, 0.6) is 11.5 Å². The highest BCUT2D eigenvalue weighted by Gasteiger charge is 2.36. The molecule has 0 spiro atoms. The Morgan fingerprint density at radius 3 is 2.40 bits per heavy atom. The minimum Gasteiger partial charge on any atom is -0.487 e. The summed E-state index contributed by atoms with van der Waals surface area (Å²) in [4.78, 5) is 2.09. The third kappa shape index (κ3) is 3.34. The second-order valence-corrected chi connectivity index (χ2v) is 8.15. The number of halogens is 3. The standard InChI is InChI=1S/C14H18Br3NO2/c1-14(2)7-8-9(15)10(16)11(17)13(12(8)20-14)19-6-5-18(3)4/h5-7H2,1-4H3. The predicted octanol–water partition coefficient (Wildman–Crippen LogP) is 4.63. The van der Waals surface area contributed by atoms with Crippen LogP contribution < -0.4 is 9.47 Å². The van der Waals surface area contributed by atoms with Crippen LogP contribution in [0.15, 0.2) is 13.4 Å². The third-order valence-corrected chi connectivity index (χ3v) is 6.58. The summed E-state index contributed by atoms with van der Waals surface area (Å²) in [6.45, 7) is 5.66. The van der Waals surface area contributed by atoms with Gasteiger partial charge in [-0.3, -0.25) is 0 Å². The average molecular weight is 472 g/mol. The normalized spacial score (nSPS) is 16.2. The number of hydrogen-bond donors (Lipinski definition) is 0. The molecule has 0 saturated carbocycles. The van der Waals surface area contributed by atoms with E-state index in [1.165, 1.54) is 0 Å². The lowest BCUT2D eigenvalue weighted by Crippen LogP contribution is -2.25. The lowest BCUT2D eigenvalue weighted by molar-refractivity contribution is 0.131. The first-order chi connectivity index (χ1) is 9.23. The molecule has 0 unspecified atom stereocenters. The van der Waals surface area contributed by atoms with Crippen LogP contribution in [-0.4, -0.2) is 37.7 Å². The molecule has 0 fully saturated rings. The largest absolute Gasteiger partial charge is 0.487 e. The van der Waals surface area contributed by atoms with Gasteiger partial charge in [0, 0.05) is 23.0 Å². The van der Waals surface area contributed by atoms with Crippen molar-refractivity contribution in [2.45, 2.75) is 25.9 Å². The maximum atomic E-state index is 6.08. The predicted molar refractivity (Wildman–Crippen MR) is 92.0 cm³/mol. The quantitative estimate of drug-likeness (QED) is 0.598. The molecule has 0 saturated heterocycles. The Balaban J connectivity index is 2.37. The van der Waals surface area contributed by atoms with E-state index in [0.29, 0.717) is 6.61 Å². The average Bonchev–Trinajstić information content (AvgIpc) is 2.66. The molecule has 0 aliphatic carbocycles. The molecule has 0 amide bonds. The molecule has 20 heavy (non-hydrogen) atoms. The minimum absolute atomic E-state index is 0.204. The van der Waals surface area contributed by atoms with Gasteiger partial charge in [-0.25, -0.2) is 0 Å². The SMILES string of the molecule is CN(C)CCOc1c(Br)c(Br)c(Br)c2c1OC(C)(C)C2. The van der Waals surface area contributed by atoms with E-state index in [1.54, 1.807) is 0 Å². The molecule has 1 aromatic carbocycles. The van der Waals surface area contributed by atoms with Crippen LogP contribution >= 0.6 is 47.8 Å². The second-order valence-electron chi connectivity index (χ2n) is 5.77. The van der Waals surface area contributed by atoms with Gasteiger partial charge in [0.1, 0.15) is 12.2 Å². The first kappa shape index (κ1) is 16.6. The van der Waals surface area contributed by atoms with Crippen LogP contribution in [0, 0.1) is 0 Å². The Bertz CT molecular complexity index is 530. The van der Waals surface area contributed by atoms with Crippen molar-refractivity contribution >= 4 is 47.8 Å². The van der Waals surface area contributed by atoms with Crippen LogP contribution in [-0.2, 0) is 6.42 Å². The van der Waals surface area contributed by atoms with Crippen LogP contribution in [0.1, 0.15) is 19.4 Å². The fourth-order valence-electron chi connectivity index (χ4n) is 2.13. The summed E-state index contributed by atoms with van der Waals surface area (Å²) in [6.07, 6.45) is 0.860. The fourth-order valence-corrected chi connectivity index (χ4v) is 3.82. The van der Waals surface area contributed by atoms with Gasteiger partial charge in [0.25, 0.3) is 0 Å². The summed E-state index contributed by atoms with van der Waals surface area (Å²) in [5.41, 5.74) is 0.954. The van der Waals surface area contributed by atoms with E-state index in [0.717, 1.165) is 43.4 Å². The Morgan fingerprint density at radius 2 is 1.80 bits per heavy atom. The highest BCUT2D eigenvalue weighted by Crippen LogP contribution is 2.53. The van der Waals surface area contributed by atoms with E-state index in [2.05, 4.69) is 66.5 Å². The van der Waals surface area contributed by atoms with Gasteiger partial charge in [-0.2, -0.15) is 0 Å². The molecule has 1 aromatic rings. The van der Waals surface area contributed by atoms with E-state index in [4.69, 9.17) is 9.47 Å². The third-order valence-electron chi connectivity index (χ3n) is 3.10. The maximum absolute atomic E-state index is 6.08. The van der Waals surface area contributed by atoms with E-state index < -0.39 is 0 Å². The molecular formula is C14H18Br3NO2. The van der Waals surface area contributed by atoms with Crippen molar-refractivity contribution in [1.82, 2.24) is 4.90 Å². The Morgan fingerprint density at radius 1 is 1.15 bits per heavy atom. The van der Waals surface area contributed by atoms with Crippen molar-refractivity contribution in [3.05, 3.63) is 19.0 Å². The summed E-state index contributed by atoms with van der Waals surface area (Å²) in [7, 11) is 4.06. The second kappa shape index (κ2) is 6.15. The minimum atomic E-state index is -0.204. The number of likely N-dealkylation sites (N-methyl/N-ethyl adjacent to an activating group) is 1. The van der Waals surface area contributed by atoms with Gasteiger partial charge < -0.3 is 14.4 Å². The fraction of sp³-hybridized carbons (Fsp3) is 0.571. The summed E-state index contributed by atoms with van der Waals surface area (Å²) in [6, 6.07) is 0. The molecule has 112 valence electrons. The molecular weight excluding hydrogens is 454 g/mol. The molecule has 1 heterocycles. The molecule has 0 bridgehead atoms. The van der Waals surface area contributed by atoms with Crippen LogP contribution in [0.2, 0.25) is 0 Å². The van der Waals surface area contributed by atoms with Crippen LogP contribution in [0.4, 0.5) is 0 Å². The van der Waals surface area contributed by atoms with Crippen LogP contribution in [0.25, 0.3) is 0 Å². The Labute approximate surface area is 145 Å². The Kier molecular flexibility index (Phi) is 5.10. The van der Waals surface area contributed by atoms with Crippen molar-refractivity contribution in [1.29, 1.82) is 0 Å². The monoisotopic (exact) mass is 469 g/mol. The first-order valence-electron chi connectivity index (χ1n) is 6.39. The van der Waals surface area contributed by atoms with Gasteiger partial charge in [-0.1, -0.05) is 0 Å². The number of nitrogens with zero attached hydrogens (tertiary/aromatic N) is 1. The summed E-state index contributed by atoms with van der Waals surface area (Å²) >= 11 is 10.8. The zero-order valence-corrected chi connectivity index (χ0v) is 16.8. The lowest BCUT2D eigenvalue weighted by atomic mass is 10.0. The molecule has 0 aromatic heterocycles. The number of hydrogen-bond acceptors (Lipinski definition) is 3. The van der Waals surface area contributed by atoms with Gasteiger partial charge >= 0.3 is 0 Å². The summed E-state index contributed by atoms with van der Waals surface area (Å²) < 4.78 is 14.9. The molecule has 1 aliphatic rings. The molecule has 1 aliphatic heterocycles. The molecule has 3 nitrogen and oxygen atoms in total. The number of ether oxygens (including phenoxy) is 2. The van der Waals surface area contributed by atoms with Crippen molar-refractivity contribution in [2.75, 3.05) is 27.2 Å². The zero-order valence-electron chi connectivity index (χ0n) is 12.0. The molecule has 0 N–H and O–H groups in total. The molecule has 6 heteroatoms. The topological polar surface area (TPSA) is 21.7 Å². The van der Waals surface area contributed by atoms with Crippen molar-refractivity contribution in [2.24, 2.45) is 0 Å². The van der Waals surface area contributed by atoms with Gasteiger partial charge in [-0.05, 0) is 75.7 Å². The molecule has 0 radical (unpaired) electrons.